The highest BCUT2D eigenvalue weighted by Crippen LogP contribution is 2.57. The number of allylic oxidation sites excluding steroid dienone is 3. The summed E-state index contributed by atoms with van der Waals surface area (Å²) in [5.41, 5.74) is 1.30. The van der Waals surface area contributed by atoms with Crippen LogP contribution >= 0.6 is 0 Å². The van der Waals surface area contributed by atoms with E-state index in [1.165, 1.54) is 0 Å². The molecule has 1 aliphatic carbocycles. The van der Waals surface area contributed by atoms with Crippen LogP contribution in [-0.2, 0) is 15.1 Å². The molecule has 1 N–H and O–H groups in total. The van der Waals surface area contributed by atoms with E-state index in [0.29, 0.717) is 33.7 Å². The van der Waals surface area contributed by atoms with Crippen LogP contribution in [0.2, 0.25) is 0 Å². The van der Waals surface area contributed by atoms with Crippen molar-refractivity contribution in [1.82, 2.24) is 4.98 Å². The molecule has 6 heteroatoms. The number of para-hydroxylation sites is 2. The standard InChI is InChI=1S/C29H17NO5/c31-22-15-16-7-1-5-11-21(16)30-26(22)18-13-14-24-25(27(18)32)29(20-10-4-6-12-23(20)34-24)19-9-3-2-8-17(19)28(33)35-29/h1-15,25,31H. The van der Waals surface area contributed by atoms with Gasteiger partial charge in [-0.1, -0.05) is 54.6 Å². The number of carbonyl (C=O) groups is 2. The number of Topliss-reactive ketones (excluding diaryl/α,β-unsaturated/α-hetero) is 1. The molecule has 6 nitrogen and oxygen atoms in total. The number of carbonyl (C=O) groups excluding carboxylic acids is 2. The number of pyridine rings is 1. The van der Waals surface area contributed by atoms with E-state index in [1.54, 1.807) is 36.4 Å². The normalized spacial score (nSPS) is 22.0. The van der Waals surface area contributed by atoms with E-state index in [2.05, 4.69) is 4.98 Å². The summed E-state index contributed by atoms with van der Waals surface area (Å²) in [7, 11) is 0. The lowest BCUT2D eigenvalue weighted by Gasteiger charge is -2.42. The second kappa shape index (κ2) is 6.90. The van der Waals surface area contributed by atoms with Crippen molar-refractivity contribution >= 4 is 28.2 Å². The van der Waals surface area contributed by atoms with Crippen molar-refractivity contribution < 1.29 is 24.2 Å². The lowest BCUT2D eigenvalue weighted by Crippen LogP contribution is -2.47. The average Bonchev–Trinajstić information content (AvgIpc) is 3.17. The predicted molar refractivity (Wildman–Crippen MR) is 128 cm³/mol. The summed E-state index contributed by atoms with van der Waals surface area (Å²) in [5.74, 6) is -1.02. The van der Waals surface area contributed by atoms with Gasteiger partial charge in [-0.3, -0.25) is 4.79 Å². The molecule has 2 atom stereocenters. The molecule has 3 heterocycles. The van der Waals surface area contributed by atoms with Crippen LogP contribution in [-0.4, -0.2) is 21.8 Å². The van der Waals surface area contributed by atoms with Crippen LogP contribution in [0.3, 0.4) is 0 Å². The van der Waals surface area contributed by atoms with Gasteiger partial charge in [0, 0.05) is 22.1 Å². The SMILES string of the molecule is O=C1OC2(c3ccccc3OC3=CC=C(c4nc5ccccc5cc4O)C(=O)C32)c2ccccc21. The number of hydrogen-bond donors (Lipinski definition) is 1. The summed E-state index contributed by atoms with van der Waals surface area (Å²) in [4.78, 5) is 31.8. The van der Waals surface area contributed by atoms with Gasteiger partial charge in [0.15, 0.2) is 11.4 Å². The van der Waals surface area contributed by atoms with Crippen LogP contribution < -0.4 is 4.74 Å². The number of ether oxygens (including phenoxy) is 2. The first-order valence-electron chi connectivity index (χ1n) is 11.2. The fraction of sp³-hybridized carbons (Fsp3) is 0.0690. The summed E-state index contributed by atoms with van der Waals surface area (Å²) in [6.07, 6.45) is 3.31. The Labute approximate surface area is 199 Å². The average molecular weight is 459 g/mol. The van der Waals surface area contributed by atoms with Crippen molar-refractivity contribution in [3.05, 3.63) is 119 Å². The molecular weight excluding hydrogens is 442 g/mol. The Balaban J connectivity index is 1.47. The Morgan fingerprint density at radius 2 is 1.60 bits per heavy atom. The molecule has 0 fully saturated rings. The molecule has 1 spiro atoms. The third-order valence-corrected chi connectivity index (χ3v) is 6.91. The van der Waals surface area contributed by atoms with E-state index in [9.17, 15) is 14.7 Å². The molecule has 168 valence electrons. The molecule has 35 heavy (non-hydrogen) atoms. The second-order valence-electron chi connectivity index (χ2n) is 8.76. The molecule has 2 aliphatic heterocycles. The third kappa shape index (κ3) is 2.56. The van der Waals surface area contributed by atoms with Crippen molar-refractivity contribution in [2.45, 2.75) is 5.60 Å². The van der Waals surface area contributed by atoms with E-state index in [-0.39, 0.29) is 22.8 Å². The summed E-state index contributed by atoms with van der Waals surface area (Å²) in [6, 6.07) is 23.4. The number of fused-ring (bicyclic) bond motifs is 7. The zero-order valence-electron chi connectivity index (χ0n) is 18.3. The van der Waals surface area contributed by atoms with E-state index < -0.39 is 17.5 Å². The van der Waals surface area contributed by atoms with Crippen LogP contribution in [0.25, 0.3) is 16.5 Å². The van der Waals surface area contributed by atoms with Crippen LogP contribution in [0, 0.1) is 5.92 Å². The highest BCUT2D eigenvalue weighted by molar-refractivity contribution is 6.25. The molecule has 0 amide bonds. The summed E-state index contributed by atoms with van der Waals surface area (Å²) < 4.78 is 12.3. The lowest BCUT2D eigenvalue weighted by atomic mass is 9.68. The van der Waals surface area contributed by atoms with Gasteiger partial charge in [-0.2, -0.15) is 0 Å². The summed E-state index contributed by atoms with van der Waals surface area (Å²) in [6.45, 7) is 0. The zero-order valence-corrected chi connectivity index (χ0v) is 18.3. The second-order valence-corrected chi connectivity index (χ2v) is 8.76. The van der Waals surface area contributed by atoms with Crippen molar-refractivity contribution in [2.24, 2.45) is 5.92 Å². The zero-order chi connectivity index (χ0) is 23.7. The minimum Gasteiger partial charge on any atom is -0.506 e. The molecule has 0 bridgehead atoms. The van der Waals surface area contributed by atoms with Gasteiger partial charge < -0.3 is 14.6 Å². The molecular formula is C29H17NO5. The number of esters is 1. The Morgan fingerprint density at radius 1 is 0.857 bits per heavy atom. The largest absolute Gasteiger partial charge is 0.506 e. The number of rotatable bonds is 1. The summed E-state index contributed by atoms with van der Waals surface area (Å²) in [5, 5.41) is 11.6. The number of nitrogens with zero attached hydrogens (tertiary/aromatic N) is 1. The van der Waals surface area contributed by atoms with Gasteiger partial charge in [0.1, 0.15) is 28.9 Å². The smallest absolute Gasteiger partial charge is 0.339 e. The molecule has 7 rings (SSSR count). The van der Waals surface area contributed by atoms with E-state index in [4.69, 9.17) is 9.47 Å². The number of hydrogen-bond acceptors (Lipinski definition) is 6. The Morgan fingerprint density at radius 3 is 2.49 bits per heavy atom. The van der Waals surface area contributed by atoms with Crippen LogP contribution in [0.1, 0.15) is 27.2 Å². The fourth-order valence-corrected chi connectivity index (χ4v) is 5.41. The topological polar surface area (TPSA) is 85.7 Å². The van der Waals surface area contributed by atoms with Gasteiger partial charge in [-0.05, 0) is 36.4 Å². The molecule has 4 aromatic rings. The van der Waals surface area contributed by atoms with Crippen LogP contribution in [0.15, 0.2) is 96.8 Å². The van der Waals surface area contributed by atoms with Crippen LogP contribution in [0.4, 0.5) is 0 Å². The minimum atomic E-state index is -1.39. The quantitative estimate of drug-likeness (QED) is 0.407. The highest BCUT2D eigenvalue weighted by atomic mass is 16.6. The van der Waals surface area contributed by atoms with Crippen molar-refractivity contribution in [3.63, 3.8) is 0 Å². The Bertz CT molecular complexity index is 1670. The molecule has 0 saturated carbocycles. The minimum absolute atomic E-state index is 0.102. The molecule has 3 aromatic carbocycles. The molecule has 0 radical (unpaired) electrons. The van der Waals surface area contributed by atoms with Gasteiger partial charge >= 0.3 is 5.97 Å². The highest BCUT2D eigenvalue weighted by Gasteiger charge is 2.61. The molecule has 3 aliphatic rings. The van der Waals surface area contributed by atoms with Crippen molar-refractivity contribution in [1.29, 1.82) is 0 Å². The number of benzene rings is 3. The number of aromatic nitrogens is 1. The van der Waals surface area contributed by atoms with E-state index in [1.807, 2.05) is 54.6 Å². The lowest BCUT2D eigenvalue weighted by molar-refractivity contribution is -0.125. The Kier molecular flexibility index (Phi) is 3.89. The molecule has 2 unspecified atom stereocenters. The van der Waals surface area contributed by atoms with Crippen molar-refractivity contribution in [3.8, 4) is 11.5 Å². The van der Waals surface area contributed by atoms with Gasteiger partial charge in [0.25, 0.3) is 0 Å². The summed E-state index contributed by atoms with van der Waals surface area (Å²) >= 11 is 0. The van der Waals surface area contributed by atoms with Gasteiger partial charge in [-0.25, -0.2) is 9.78 Å². The number of aromatic hydroxyl groups is 1. The first-order valence-corrected chi connectivity index (χ1v) is 11.2. The molecule has 1 aromatic heterocycles. The van der Waals surface area contributed by atoms with Crippen LogP contribution in [0.5, 0.6) is 11.5 Å². The first kappa shape index (κ1) is 19.7. The molecule has 0 saturated heterocycles. The predicted octanol–water partition coefficient (Wildman–Crippen LogP) is 4.91. The maximum absolute atomic E-state index is 14.2. The fourth-order valence-electron chi connectivity index (χ4n) is 5.41. The van der Waals surface area contributed by atoms with E-state index in [0.717, 1.165) is 5.39 Å². The van der Waals surface area contributed by atoms with Gasteiger partial charge in [0.05, 0.1) is 11.1 Å². The van der Waals surface area contributed by atoms with Gasteiger partial charge in [0.2, 0.25) is 0 Å². The van der Waals surface area contributed by atoms with E-state index >= 15 is 0 Å². The van der Waals surface area contributed by atoms with Gasteiger partial charge in [-0.15, -0.1) is 0 Å². The third-order valence-electron chi connectivity index (χ3n) is 6.91. The maximum Gasteiger partial charge on any atom is 0.339 e. The Hall–Kier alpha value is -4.71. The number of ketones is 1. The maximum atomic E-state index is 14.2. The first-order chi connectivity index (χ1) is 17.1. The monoisotopic (exact) mass is 459 g/mol. The van der Waals surface area contributed by atoms with Crippen molar-refractivity contribution in [2.75, 3.05) is 0 Å².